The monoisotopic (exact) mass is 330 g/mol. The predicted octanol–water partition coefficient (Wildman–Crippen LogP) is 3.87. The summed E-state index contributed by atoms with van der Waals surface area (Å²) in [5.41, 5.74) is 4.22. The molecule has 1 aromatic heterocycles. The van der Waals surface area contributed by atoms with Crippen LogP contribution in [0.15, 0.2) is 41.5 Å². The largest absolute Gasteiger partial charge is 0.460 e. The number of carbonyl (C=O) groups is 3. The Kier molecular flexibility index (Phi) is 2.49. The molecule has 4 heteroatoms. The van der Waals surface area contributed by atoms with Crippen LogP contribution in [0.25, 0.3) is 5.57 Å². The minimum atomic E-state index is -0.429. The molecule has 122 valence electrons. The third-order valence-electron chi connectivity index (χ3n) is 5.77. The van der Waals surface area contributed by atoms with Crippen molar-refractivity contribution in [1.29, 1.82) is 0 Å². The van der Waals surface area contributed by atoms with Crippen molar-refractivity contribution in [2.45, 2.75) is 25.2 Å². The van der Waals surface area contributed by atoms with Crippen LogP contribution in [0.5, 0.6) is 0 Å². The summed E-state index contributed by atoms with van der Waals surface area (Å²) in [6.45, 7) is 6.16. The highest BCUT2D eigenvalue weighted by Gasteiger charge is 2.47. The van der Waals surface area contributed by atoms with Crippen molar-refractivity contribution in [3.63, 3.8) is 0 Å². The summed E-state index contributed by atoms with van der Waals surface area (Å²) >= 11 is 0. The van der Waals surface area contributed by atoms with Gasteiger partial charge in [0.05, 0.1) is 6.26 Å². The second-order valence-corrected chi connectivity index (χ2v) is 7.12. The molecule has 0 saturated heterocycles. The molecule has 3 aliphatic rings. The Morgan fingerprint density at radius 1 is 1.00 bits per heavy atom. The van der Waals surface area contributed by atoms with E-state index in [0.29, 0.717) is 22.5 Å². The molecule has 0 unspecified atom stereocenters. The van der Waals surface area contributed by atoms with Gasteiger partial charge in [0.2, 0.25) is 5.78 Å². The molecule has 0 spiro atoms. The molecule has 4 nitrogen and oxygen atoms in total. The molecule has 0 saturated carbocycles. The molecule has 0 aliphatic heterocycles. The van der Waals surface area contributed by atoms with Crippen LogP contribution in [-0.4, -0.2) is 17.3 Å². The van der Waals surface area contributed by atoms with Crippen molar-refractivity contribution in [1.82, 2.24) is 0 Å². The van der Waals surface area contributed by atoms with Crippen molar-refractivity contribution in [2.75, 3.05) is 0 Å². The second kappa shape index (κ2) is 4.33. The molecule has 5 rings (SSSR count). The van der Waals surface area contributed by atoms with E-state index in [2.05, 4.69) is 13.5 Å². The van der Waals surface area contributed by atoms with Gasteiger partial charge < -0.3 is 4.42 Å². The summed E-state index contributed by atoms with van der Waals surface area (Å²) in [7, 11) is 0. The van der Waals surface area contributed by atoms with Gasteiger partial charge >= 0.3 is 0 Å². The third-order valence-corrected chi connectivity index (χ3v) is 5.77. The molecule has 1 atom stereocenters. The highest BCUT2D eigenvalue weighted by Crippen LogP contribution is 2.52. The fraction of sp³-hybridized carbons (Fsp3) is 0.190. The number of fused-ring (bicyclic) bond motifs is 3. The molecule has 2 aromatic rings. The zero-order valence-corrected chi connectivity index (χ0v) is 13.6. The molecule has 3 aliphatic carbocycles. The van der Waals surface area contributed by atoms with Gasteiger partial charge in [0, 0.05) is 33.2 Å². The maximum Gasteiger partial charge on any atom is 0.228 e. The number of hydrogen-bond acceptors (Lipinski definition) is 4. The molecule has 25 heavy (non-hydrogen) atoms. The number of hydrogen-bond donors (Lipinski definition) is 0. The van der Waals surface area contributed by atoms with Crippen LogP contribution in [0, 0.1) is 0 Å². The van der Waals surface area contributed by atoms with Gasteiger partial charge in [0.15, 0.2) is 17.3 Å². The van der Waals surface area contributed by atoms with Crippen molar-refractivity contribution in [2.24, 2.45) is 0 Å². The lowest BCUT2D eigenvalue weighted by molar-refractivity contribution is 0.0987. The van der Waals surface area contributed by atoms with Crippen LogP contribution in [0.1, 0.15) is 73.3 Å². The van der Waals surface area contributed by atoms with E-state index in [1.165, 1.54) is 12.2 Å². The van der Waals surface area contributed by atoms with E-state index in [9.17, 15) is 14.4 Å². The van der Waals surface area contributed by atoms with Crippen LogP contribution >= 0.6 is 0 Å². The second-order valence-electron chi connectivity index (χ2n) is 7.12. The summed E-state index contributed by atoms with van der Waals surface area (Å²) in [6.07, 6.45) is 5.73. The minimum Gasteiger partial charge on any atom is -0.460 e. The zero-order chi connectivity index (χ0) is 17.5. The van der Waals surface area contributed by atoms with E-state index in [4.69, 9.17) is 4.42 Å². The van der Waals surface area contributed by atoms with Crippen LogP contribution in [-0.2, 0) is 5.41 Å². The summed E-state index contributed by atoms with van der Waals surface area (Å²) in [5.74, 6) is -0.359. The molecular formula is C21H14O4. The number of allylic oxidation sites excluding steroid dienone is 3. The Morgan fingerprint density at radius 2 is 1.68 bits per heavy atom. The van der Waals surface area contributed by atoms with Crippen molar-refractivity contribution in [3.8, 4) is 0 Å². The summed E-state index contributed by atoms with van der Waals surface area (Å²) < 4.78 is 5.61. The zero-order valence-electron chi connectivity index (χ0n) is 13.6. The molecule has 0 N–H and O–H groups in total. The Morgan fingerprint density at radius 3 is 2.40 bits per heavy atom. The van der Waals surface area contributed by atoms with E-state index in [1.807, 2.05) is 0 Å². The minimum absolute atomic E-state index is 0.202. The highest BCUT2D eigenvalue weighted by molar-refractivity contribution is 6.24. The molecule has 0 radical (unpaired) electrons. The molecular weight excluding hydrogens is 316 g/mol. The van der Waals surface area contributed by atoms with Crippen LogP contribution in [0.4, 0.5) is 0 Å². The fourth-order valence-corrected chi connectivity index (χ4v) is 4.37. The van der Waals surface area contributed by atoms with Gasteiger partial charge in [-0.1, -0.05) is 13.5 Å². The maximum atomic E-state index is 13.0. The third kappa shape index (κ3) is 1.59. The molecule has 0 fully saturated rings. The standard InChI is InChI=1S/C21H14O4/c1-10-5-6-21(2)15-8-12-11(16(22)3-4-17(12)23)7-13(15)19(24)20-18(21)14(10)9-25-20/h3-4,7-9H,1,5-6H2,2H3/t21-/m0/s1. The number of ketones is 3. The van der Waals surface area contributed by atoms with E-state index >= 15 is 0 Å². The normalized spacial score (nSPS) is 23.4. The summed E-state index contributed by atoms with van der Waals surface area (Å²) in [5, 5.41) is 0. The highest BCUT2D eigenvalue weighted by atomic mass is 16.3. The number of rotatable bonds is 0. The number of furan rings is 1. The average molecular weight is 330 g/mol. The van der Waals surface area contributed by atoms with E-state index in [-0.39, 0.29) is 17.3 Å². The van der Waals surface area contributed by atoms with Crippen LogP contribution in [0.2, 0.25) is 0 Å². The van der Waals surface area contributed by atoms with Gasteiger partial charge in [-0.25, -0.2) is 0 Å². The Bertz CT molecular complexity index is 1080. The summed E-state index contributed by atoms with van der Waals surface area (Å²) in [4.78, 5) is 37.4. The first-order chi connectivity index (χ1) is 11.9. The Balaban J connectivity index is 1.86. The maximum absolute atomic E-state index is 13.0. The predicted molar refractivity (Wildman–Crippen MR) is 91.1 cm³/mol. The smallest absolute Gasteiger partial charge is 0.228 e. The van der Waals surface area contributed by atoms with E-state index in [0.717, 1.165) is 35.1 Å². The van der Waals surface area contributed by atoms with Crippen molar-refractivity contribution in [3.05, 3.63) is 76.3 Å². The number of benzene rings is 1. The molecule has 0 amide bonds. The van der Waals surface area contributed by atoms with Crippen LogP contribution < -0.4 is 0 Å². The van der Waals surface area contributed by atoms with Gasteiger partial charge in [0.1, 0.15) is 0 Å². The first kappa shape index (κ1) is 14.3. The van der Waals surface area contributed by atoms with Gasteiger partial charge in [-0.2, -0.15) is 0 Å². The summed E-state index contributed by atoms with van der Waals surface area (Å²) in [6, 6.07) is 3.30. The lowest BCUT2D eigenvalue weighted by Crippen LogP contribution is -2.36. The Hall–Kier alpha value is -3.01. The van der Waals surface area contributed by atoms with Crippen molar-refractivity contribution < 1.29 is 18.8 Å². The topological polar surface area (TPSA) is 64.3 Å². The van der Waals surface area contributed by atoms with E-state index in [1.54, 1.807) is 18.4 Å². The molecule has 1 heterocycles. The van der Waals surface area contributed by atoms with Crippen LogP contribution in [0.3, 0.4) is 0 Å². The quantitative estimate of drug-likeness (QED) is 0.735. The number of carbonyl (C=O) groups excluding carboxylic acids is 3. The van der Waals surface area contributed by atoms with Gasteiger partial charge in [-0.15, -0.1) is 0 Å². The van der Waals surface area contributed by atoms with Crippen molar-refractivity contribution >= 4 is 22.9 Å². The average Bonchev–Trinajstić information content (AvgIpc) is 3.06. The first-order valence-electron chi connectivity index (χ1n) is 8.22. The molecule has 0 bridgehead atoms. The van der Waals surface area contributed by atoms with Gasteiger partial charge in [0.25, 0.3) is 0 Å². The lowest BCUT2D eigenvalue weighted by Gasteiger charge is -2.39. The lowest BCUT2D eigenvalue weighted by atomic mass is 9.61. The first-order valence-corrected chi connectivity index (χ1v) is 8.22. The SMILES string of the molecule is C=C1CC[C@@]2(C)c3cc4c(cc3C(=O)c3occ1c32)C(=O)C=CC4=O. The Labute approximate surface area is 143 Å². The molecule has 1 aromatic carbocycles. The van der Waals surface area contributed by atoms with Gasteiger partial charge in [-0.05, 0) is 48.3 Å². The van der Waals surface area contributed by atoms with E-state index < -0.39 is 5.41 Å². The fourth-order valence-electron chi connectivity index (χ4n) is 4.37. The van der Waals surface area contributed by atoms with Gasteiger partial charge in [-0.3, -0.25) is 14.4 Å².